The molecule has 0 saturated carbocycles. The number of carbonyl (C=O) groups excluding carboxylic acids is 1. The quantitative estimate of drug-likeness (QED) is 0.859. The molecular formula is C16H19N3O. The first-order valence-corrected chi connectivity index (χ1v) is 7.08. The first kappa shape index (κ1) is 12.9. The Labute approximate surface area is 119 Å². The number of anilines is 1. The molecule has 0 saturated heterocycles. The standard InChI is InChI=1S/C16H19N3O/c1-3-12-10-13(18(2)17-12)11-19-9-8-16(20)14-6-4-5-7-15(14)19/h4-7,10H,3,8-9,11H2,1-2H3. The van der Waals surface area contributed by atoms with Crippen molar-refractivity contribution in [1.29, 1.82) is 0 Å². The summed E-state index contributed by atoms with van der Waals surface area (Å²) in [6, 6.07) is 10.0. The summed E-state index contributed by atoms with van der Waals surface area (Å²) in [4.78, 5) is 14.2. The second kappa shape index (κ2) is 5.12. The molecule has 0 spiro atoms. The largest absolute Gasteiger partial charge is 0.365 e. The Morgan fingerprint density at radius 3 is 2.85 bits per heavy atom. The van der Waals surface area contributed by atoms with E-state index in [4.69, 9.17) is 0 Å². The van der Waals surface area contributed by atoms with Gasteiger partial charge in [0.2, 0.25) is 0 Å². The zero-order valence-corrected chi connectivity index (χ0v) is 12.0. The van der Waals surface area contributed by atoms with Gasteiger partial charge in [-0.05, 0) is 24.6 Å². The highest BCUT2D eigenvalue weighted by Crippen LogP contribution is 2.28. The predicted octanol–water partition coefficient (Wildman–Crippen LogP) is 2.58. The molecule has 0 amide bonds. The molecular weight excluding hydrogens is 250 g/mol. The SMILES string of the molecule is CCc1cc(CN2CCC(=O)c3ccccc32)n(C)n1. The molecule has 1 aliphatic heterocycles. The number of nitrogens with zero attached hydrogens (tertiary/aromatic N) is 3. The number of benzene rings is 1. The summed E-state index contributed by atoms with van der Waals surface area (Å²) in [7, 11) is 1.98. The van der Waals surface area contributed by atoms with Crippen molar-refractivity contribution in [2.24, 2.45) is 7.05 Å². The molecule has 2 aromatic rings. The highest BCUT2D eigenvalue weighted by Gasteiger charge is 2.23. The summed E-state index contributed by atoms with van der Waals surface area (Å²) >= 11 is 0. The predicted molar refractivity (Wildman–Crippen MR) is 79.0 cm³/mol. The number of hydrogen-bond donors (Lipinski definition) is 0. The average molecular weight is 269 g/mol. The van der Waals surface area contributed by atoms with Crippen LogP contribution < -0.4 is 4.90 Å². The van der Waals surface area contributed by atoms with Gasteiger partial charge in [-0.15, -0.1) is 0 Å². The van der Waals surface area contributed by atoms with Gasteiger partial charge in [0, 0.05) is 31.3 Å². The molecule has 0 unspecified atom stereocenters. The number of Topliss-reactive ketones (excluding diaryl/α,β-unsaturated/α-hetero) is 1. The molecule has 0 atom stereocenters. The van der Waals surface area contributed by atoms with E-state index in [1.807, 2.05) is 36.0 Å². The second-order valence-corrected chi connectivity index (χ2v) is 5.22. The van der Waals surface area contributed by atoms with Gasteiger partial charge in [0.05, 0.1) is 17.9 Å². The highest BCUT2D eigenvalue weighted by atomic mass is 16.1. The van der Waals surface area contributed by atoms with Gasteiger partial charge in [-0.2, -0.15) is 5.10 Å². The van der Waals surface area contributed by atoms with Crippen LogP contribution in [-0.2, 0) is 20.0 Å². The van der Waals surface area contributed by atoms with Crippen LogP contribution in [0.2, 0.25) is 0 Å². The number of ketones is 1. The van der Waals surface area contributed by atoms with E-state index >= 15 is 0 Å². The van der Waals surface area contributed by atoms with Crippen molar-refractivity contribution in [3.05, 3.63) is 47.3 Å². The van der Waals surface area contributed by atoms with Crippen LogP contribution in [0, 0.1) is 0 Å². The Morgan fingerprint density at radius 2 is 2.10 bits per heavy atom. The third-order valence-electron chi connectivity index (χ3n) is 3.90. The Hall–Kier alpha value is -2.10. The summed E-state index contributed by atoms with van der Waals surface area (Å²) in [5, 5.41) is 4.49. The minimum absolute atomic E-state index is 0.246. The van der Waals surface area contributed by atoms with E-state index in [1.54, 1.807) is 0 Å². The van der Waals surface area contributed by atoms with E-state index in [9.17, 15) is 4.79 Å². The van der Waals surface area contributed by atoms with Gasteiger partial charge < -0.3 is 4.90 Å². The Kier molecular flexibility index (Phi) is 3.30. The average Bonchev–Trinajstić information content (AvgIpc) is 2.83. The molecule has 2 heterocycles. The molecule has 4 nitrogen and oxygen atoms in total. The molecule has 0 fully saturated rings. The molecule has 4 heteroatoms. The van der Waals surface area contributed by atoms with E-state index in [2.05, 4.69) is 23.0 Å². The summed E-state index contributed by atoms with van der Waals surface area (Å²) in [6.45, 7) is 3.69. The van der Waals surface area contributed by atoms with Gasteiger partial charge in [0.1, 0.15) is 0 Å². The summed E-state index contributed by atoms with van der Waals surface area (Å²) in [5.41, 5.74) is 4.19. The summed E-state index contributed by atoms with van der Waals surface area (Å²) in [5.74, 6) is 0.246. The lowest BCUT2D eigenvalue weighted by molar-refractivity contribution is 0.0979. The fraction of sp³-hybridized carbons (Fsp3) is 0.375. The van der Waals surface area contributed by atoms with Crippen molar-refractivity contribution in [2.45, 2.75) is 26.3 Å². The van der Waals surface area contributed by atoms with Crippen LogP contribution in [0.25, 0.3) is 0 Å². The number of para-hydroxylation sites is 1. The normalized spacial score (nSPS) is 14.5. The van der Waals surface area contributed by atoms with Crippen molar-refractivity contribution in [2.75, 3.05) is 11.4 Å². The monoisotopic (exact) mass is 269 g/mol. The molecule has 1 aromatic carbocycles. The van der Waals surface area contributed by atoms with Crippen LogP contribution in [0.5, 0.6) is 0 Å². The fourth-order valence-electron chi connectivity index (χ4n) is 2.73. The number of fused-ring (bicyclic) bond motifs is 1. The zero-order chi connectivity index (χ0) is 14.1. The van der Waals surface area contributed by atoms with E-state index in [1.165, 1.54) is 5.69 Å². The van der Waals surface area contributed by atoms with Crippen molar-refractivity contribution in [3.8, 4) is 0 Å². The zero-order valence-electron chi connectivity index (χ0n) is 12.0. The van der Waals surface area contributed by atoms with Crippen molar-refractivity contribution >= 4 is 11.5 Å². The maximum absolute atomic E-state index is 12.0. The van der Waals surface area contributed by atoms with Crippen molar-refractivity contribution in [1.82, 2.24) is 9.78 Å². The van der Waals surface area contributed by atoms with E-state index < -0.39 is 0 Å². The van der Waals surface area contributed by atoms with Crippen LogP contribution >= 0.6 is 0 Å². The van der Waals surface area contributed by atoms with Gasteiger partial charge in [0.25, 0.3) is 0 Å². The van der Waals surface area contributed by atoms with E-state index in [0.29, 0.717) is 6.42 Å². The summed E-state index contributed by atoms with van der Waals surface area (Å²) < 4.78 is 1.94. The molecule has 0 N–H and O–H groups in total. The number of aryl methyl sites for hydroxylation is 2. The molecule has 104 valence electrons. The molecule has 1 aromatic heterocycles. The summed E-state index contributed by atoms with van der Waals surface area (Å²) in [6.07, 6.45) is 1.54. The molecule has 3 rings (SSSR count). The van der Waals surface area contributed by atoms with Crippen LogP contribution in [0.1, 0.15) is 35.1 Å². The third kappa shape index (κ3) is 2.22. The van der Waals surface area contributed by atoms with Crippen molar-refractivity contribution < 1.29 is 4.79 Å². The van der Waals surface area contributed by atoms with E-state index in [-0.39, 0.29) is 5.78 Å². The van der Waals surface area contributed by atoms with Gasteiger partial charge in [-0.3, -0.25) is 9.48 Å². The van der Waals surface area contributed by atoms with Crippen LogP contribution in [0.15, 0.2) is 30.3 Å². The van der Waals surface area contributed by atoms with Gasteiger partial charge >= 0.3 is 0 Å². The van der Waals surface area contributed by atoms with Gasteiger partial charge in [-0.1, -0.05) is 19.1 Å². The van der Waals surface area contributed by atoms with Crippen LogP contribution in [0.4, 0.5) is 5.69 Å². The van der Waals surface area contributed by atoms with Crippen molar-refractivity contribution in [3.63, 3.8) is 0 Å². The Balaban J connectivity index is 1.90. The maximum Gasteiger partial charge on any atom is 0.166 e. The minimum Gasteiger partial charge on any atom is -0.365 e. The second-order valence-electron chi connectivity index (χ2n) is 5.22. The molecule has 0 bridgehead atoms. The lowest BCUT2D eigenvalue weighted by Gasteiger charge is -2.30. The first-order valence-electron chi connectivity index (χ1n) is 7.08. The highest BCUT2D eigenvalue weighted by molar-refractivity contribution is 6.03. The lowest BCUT2D eigenvalue weighted by atomic mass is 10.0. The van der Waals surface area contributed by atoms with Gasteiger partial charge in [0.15, 0.2) is 5.78 Å². The van der Waals surface area contributed by atoms with Gasteiger partial charge in [-0.25, -0.2) is 0 Å². The molecule has 20 heavy (non-hydrogen) atoms. The Bertz CT molecular complexity index is 645. The topological polar surface area (TPSA) is 38.1 Å². The number of carbonyl (C=O) groups is 1. The van der Waals surface area contributed by atoms with Crippen LogP contribution in [-0.4, -0.2) is 22.1 Å². The maximum atomic E-state index is 12.0. The molecule has 0 aliphatic carbocycles. The number of rotatable bonds is 3. The molecule has 1 aliphatic rings. The third-order valence-corrected chi connectivity index (χ3v) is 3.90. The van der Waals surface area contributed by atoms with Crippen LogP contribution in [0.3, 0.4) is 0 Å². The number of hydrogen-bond acceptors (Lipinski definition) is 3. The Morgan fingerprint density at radius 1 is 1.30 bits per heavy atom. The fourth-order valence-corrected chi connectivity index (χ4v) is 2.73. The smallest absolute Gasteiger partial charge is 0.166 e. The lowest BCUT2D eigenvalue weighted by Crippen LogP contribution is -2.32. The van der Waals surface area contributed by atoms with E-state index in [0.717, 1.165) is 36.5 Å². The minimum atomic E-state index is 0.246. The molecule has 0 radical (unpaired) electrons. The number of aromatic nitrogens is 2. The first-order chi connectivity index (χ1) is 9.69.